The summed E-state index contributed by atoms with van der Waals surface area (Å²) in [7, 11) is 1.64. The predicted octanol–water partition coefficient (Wildman–Crippen LogP) is 5.89. The van der Waals surface area contributed by atoms with Gasteiger partial charge < -0.3 is 14.2 Å². The van der Waals surface area contributed by atoms with Gasteiger partial charge >= 0.3 is 5.97 Å². The second-order valence-electron chi connectivity index (χ2n) is 6.85. The fraction of sp³-hybridized carbons (Fsp3) is 0.458. The fourth-order valence-electron chi connectivity index (χ4n) is 3.33. The van der Waals surface area contributed by atoms with Crippen LogP contribution >= 0.6 is 0 Å². The number of rotatable bonds is 12. The molecule has 0 spiro atoms. The summed E-state index contributed by atoms with van der Waals surface area (Å²) in [4.78, 5) is 12.2. The van der Waals surface area contributed by atoms with Crippen molar-refractivity contribution in [3.8, 4) is 11.5 Å². The highest BCUT2D eigenvalue weighted by Gasteiger charge is 2.23. The lowest BCUT2D eigenvalue weighted by Gasteiger charge is -2.22. The van der Waals surface area contributed by atoms with Crippen molar-refractivity contribution < 1.29 is 19.0 Å². The minimum Gasteiger partial charge on any atom is -0.493 e. The Bertz CT molecular complexity index is 712. The van der Waals surface area contributed by atoms with Crippen LogP contribution in [0.15, 0.2) is 48.5 Å². The monoisotopic (exact) mass is 384 g/mol. The maximum absolute atomic E-state index is 12.2. The predicted molar refractivity (Wildman–Crippen MR) is 112 cm³/mol. The summed E-state index contributed by atoms with van der Waals surface area (Å²) in [5, 5.41) is 0. The zero-order chi connectivity index (χ0) is 20.2. The van der Waals surface area contributed by atoms with Crippen molar-refractivity contribution in [2.75, 3.05) is 13.7 Å². The van der Waals surface area contributed by atoms with Gasteiger partial charge in [0, 0.05) is 5.56 Å². The van der Waals surface area contributed by atoms with Crippen LogP contribution in [-0.2, 0) is 16.1 Å². The maximum Gasteiger partial charge on any atom is 0.306 e. The smallest absolute Gasteiger partial charge is 0.306 e. The van der Waals surface area contributed by atoms with Crippen molar-refractivity contribution in [3.05, 3.63) is 59.7 Å². The van der Waals surface area contributed by atoms with Crippen LogP contribution in [0.25, 0.3) is 0 Å². The molecule has 0 saturated carbocycles. The zero-order valence-corrected chi connectivity index (χ0v) is 17.3. The van der Waals surface area contributed by atoms with E-state index >= 15 is 0 Å². The summed E-state index contributed by atoms with van der Waals surface area (Å²) < 4.78 is 17.0. The first kappa shape index (κ1) is 21.8. The third-order valence-corrected chi connectivity index (χ3v) is 4.77. The quantitative estimate of drug-likeness (QED) is 0.338. The zero-order valence-electron chi connectivity index (χ0n) is 17.3. The molecule has 0 saturated heterocycles. The lowest BCUT2D eigenvalue weighted by molar-refractivity contribution is -0.143. The third-order valence-electron chi connectivity index (χ3n) is 4.77. The highest BCUT2D eigenvalue weighted by atomic mass is 16.5. The number of esters is 1. The van der Waals surface area contributed by atoms with Crippen LogP contribution in [0.5, 0.6) is 11.5 Å². The minimum absolute atomic E-state index is 0.0477. The number of ether oxygens (including phenoxy) is 3. The number of hydrogen-bond donors (Lipinski definition) is 0. The Hall–Kier alpha value is -2.49. The second-order valence-corrected chi connectivity index (χ2v) is 6.85. The van der Waals surface area contributed by atoms with Gasteiger partial charge in [-0.2, -0.15) is 0 Å². The van der Waals surface area contributed by atoms with E-state index in [1.807, 2.05) is 55.5 Å². The number of methoxy groups -OCH3 is 1. The Morgan fingerprint density at radius 1 is 1.00 bits per heavy atom. The lowest BCUT2D eigenvalue weighted by Crippen LogP contribution is -2.12. The SMILES string of the molecule is CCCCCC(CC(=O)OCC)c1cccc(OC)c1OCc1ccccc1. The normalized spacial score (nSPS) is 11.7. The molecular weight excluding hydrogens is 352 g/mol. The average molecular weight is 385 g/mol. The number of hydrogen-bond acceptors (Lipinski definition) is 4. The molecule has 0 heterocycles. The van der Waals surface area contributed by atoms with Crippen molar-refractivity contribution in [2.45, 2.75) is 58.5 Å². The second kappa shape index (κ2) is 12.1. The van der Waals surface area contributed by atoms with Gasteiger partial charge in [-0.1, -0.05) is 68.7 Å². The van der Waals surface area contributed by atoms with Gasteiger partial charge in [-0.25, -0.2) is 0 Å². The van der Waals surface area contributed by atoms with Gasteiger partial charge in [-0.3, -0.25) is 4.79 Å². The molecule has 152 valence electrons. The van der Waals surface area contributed by atoms with Gasteiger partial charge in [0.25, 0.3) is 0 Å². The number of unbranched alkanes of at least 4 members (excludes halogenated alkanes) is 2. The van der Waals surface area contributed by atoms with E-state index in [9.17, 15) is 4.79 Å². The summed E-state index contributed by atoms with van der Waals surface area (Å²) >= 11 is 0. The van der Waals surface area contributed by atoms with Crippen LogP contribution in [0.3, 0.4) is 0 Å². The molecule has 0 fully saturated rings. The summed E-state index contributed by atoms with van der Waals surface area (Å²) in [6, 6.07) is 15.9. The minimum atomic E-state index is -0.166. The van der Waals surface area contributed by atoms with Gasteiger partial charge in [-0.15, -0.1) is 0 Å². The van der Waals surface area contributed by atoms with Gasteiger partial charge in [0.2, 0.25) is 0 Å². The topological polar surface area (TPSA) is 44.8 Å². The van der Waals surface area contributed by atoms with E-state index in [1.54, 1.807) is 7.11 Å². The molecule has 0 amide bonds. The van der Waals surface area contributed by atoms with Crippen LogP contribution in [0, 0.1) is 0 Å². The van der Waals surface area contributed by atoms with Gasteiger partial charge in [0.15, 0.2) is 11.5 Å². The number of carbonyl (C=O) groups excluding carboxylic acids is 1. The molecule has 0 aliphatic carbocycles. The Morgan fingerprint density at radius 3 is 2.46 bits per heavy atom. The molecule has 4 nitrogen and oxygen atoms in total. The molecule has 1 unspecified atom stereocenters. The number of para-hydroxylation sites is 1. The first-order chi connectivity index (χ1) is 13.7. The average Bonchev–Trinajstić information content (AvgIpc) is 2.72. The van der Waals surface area contributed by atoms with Gasteiger partial charge in [-0.05, 0) is 30.9 Å². The van der Waals surface area contributed by atoms with E-state index in [1.165, 1.54) is 0 Å². The molecule has 2 aromatic carbocycles. The number of carbonyl (C=O) groups is 1. The van der Waals surface area contributed by atoms with E-state index in [0.717, 1.165) is 42.6 Å². The molecule has 28 heavy (non-hydrogen) atoms. The highest BCUT2D eigenvalue weighted by Crippen LogP contribution is 2.40. The van der Waals surface area contributed by atoms with E-state index in [-0.39, 0.29) is 11.9 Å². The summed E-state index contributed by atoms with van der Waals surface area (Å²) in [5.41, 5.74) is 2.10. The van der Waals surface area contributed by atoms with E-state index in [2.05, 4.69) is 6.92 Å². The molecule has 0 aliphatic heterocycles. The highest BCUT2D eigenvalue weighted by molar-refractivity contribution is 5.71. The number of benzene rings is 2. The first-order valence-corrected chi connectivity index (χ1v) is 10.2. The van der Waals surface area contributed by atoms with Crippen LogP contribution in [0.2, 0.25) is 0 Å². The fourth-order valence-corrected chi connectivity index (χ4v) is 3.33. The molecular formula is C24H32O4. The first-order valence-electron chi connectivity index (χ1n) is 10.2. The Kier molecular flexibility index (Phi) is 9.40. The standard InChI is InChI=1S/C24H32O4/c1-4-6-8-14-20(17-23(25)27-5-2)21-15-11-16-22(26-3)24(21)28-18-19-12-9-7-10-13-19/h7,9-13,15-16,20H,4-6,8,14,17-18H2,1-3H3. The van der Waals surface area contributed by atoms with Gasteiger partial charge in [0.1, 0.15) is 6.61 Å². The molecule has 4 heteroatoms. The third kappa shape index (κ3) is 6.59. The van der Waals surface area contributed by atoms with Crippen molar-refractivity contribution in [1.29, 1.82) is 0 Å². The van der Waals surface area contributed by atoms with Crippen LogP contribution in [0.4, 0.5) is 0 Å². The molecule has 0 aromatic heterocycles. The van der Waals surface area contributed by atoms with Crippen LogP contribution in [0.1, 0.15) is 63.0 Å². The molecule has 2 rings (SSSR count). The summed E-state index contributed by atoms with van der Waals surface area (Å²) in [6.07, 6.45) is 4.62. The van der Waals surface area contributed by atoms with E-state index in [0.29, 0.717) is 25.4 Å². The maximum atomic E-state index is 12.2. The lowest BCUT2D eigenvalue weighted by atomic mass is 9.89. The molecule has 2 aromatic rings. The van der Waals surface area contributed by atoms with Crippen molar-refractivity contribution >= 4 is 5.97 Å². The van der Waals surface area contributed by atoms with Crippen molar-refractivity contribution in [1.82, 2.24) is 0 Å². The Labute approximate surface area is 168 Å². The van der Waals surface area contributed by atoms with Gasteiger partial charge in [0.05, 0.1) is 20.1 Å². The summed E-state index contributed by atoms with van der Waals surface area (Å²) in [5.74, 6) is 1.30. The molecule has 0 N–H and O–H groups in total. The van der Waals surface area contributed by atoms with Crippen LogP contribution in [-0.4, -0.2) is 19.7 Å². The largest absolute Gasteiger partial charge is 0.493 e. The molecule has 0 aliphatic rings. The Balaban J connectivity index is 2.27. The van der Waals surface area contributed by atoms with Crippen molar-refractivity contribution in [2.24, 2.45) is 0 Å². The Morgan fingerprint density at radius 2 is 1.79 bits per heavy atom. The molecule has 0 radical (unpaired) electrons. The molecule has 1 atom stereocenters. The van der Waals surface area contributed by atoms with E-state index < -0.39 is 0 Å². The van der Waals surface area contributed by atoms with E-state index in [4.69, 9.17) is 14.2 Å². The summed E-state index contributed by atoms with van der Waals surface area (Å²) in [6.45, 7) is 4.87. The van der Waals surface area contributed by atoms with Crippen molar-refractivity contribution in [3.63, 3.8) is 0 Å². The molecule has 0 bridgehead atoms. The van der Waals surface area contributed by atoms with Crippen LogP contribution < -0.4 is 9.47 Å².